The lowest BCUT2D eigenvalue weighted by Crippen LogP contribution is -2.30. The number of anilines is 1. The Hall–Kier alpha value is -1.73. The fourth-order valence-electron chi connectivity index (χ4n) is 2.28. The molecule has 0 aliphatic rings. The molecular formula is C18H19Cl2N3O2S. The van der Waals surface area contributed by atoms with Crippen molar-refractivity contribution in [2.24, 2.45) is 5.73 Å². The van der Waals surface area contributed by atoms with Gasteiger partial charge >= 0.3 is 0 Å². The number of primary amides is 1. The fourth-order valence-corrected chi connectivity index (χ4v) is 3.49. The monoisotopic (exact) mass is 411 g/mol. The number of thioether (sulfide) groups is 1. The number of rotatable bonds is 8. The standard InChI is InChI=1S/C18H19Cl2N3O2S/c1-23(9-12-6-7-13(19)8-14(12)20)10-18(25)22-15-4-2-3-5-16(15)26-11-17(21)24/h2-8H,9-11H2,1H3,(H2,21,24)(H,22,25). The average Bonchev–Trinajstić information content (AvgIpc) is 2.56. The van der Waals surface area contributed by atoms with Crippen LogP contribution in [-0.4, -0.2) is 36.1 Å². The molecule has 2 rings (SSSR count). The van der Waals surface area contributed by atoms with Crippen molar-refractivity contribution in [3.05, 3.63) is 58.1 Å². The molecule has 2 aromatic rings. The van der Waals surface area contributed by atoms with E-state index in [0.29, 0.717) is 22.3 Å². The van der Waals surface area contributed by atoms with E-state index in [4.69, 9.17) is 28.9 Å². The van der Waals surface area contributed by atoms with E-state index in [2.05, 4.69) is 5.32 Å². The van der Waals surface area contributed by atoms with Crippen LogP contribution in [0.25, 0.3) is 0 Å². The van der Waals surface area contributed by atoms with Gasteiger partial charge < -0.3 is 11.1 Å². The zero-order valence-electron chi connectivity index (χ0n) is 14.2. The first-order chi connectivity index (χ1) is 12.3. The van der Waals surface area contributed by atoms with Crippen LogP contribution in [0.15, 0.2) is 47.4 Å². The summed E-state index contributed by atoms with van der Waals surface area (Å²) < 4.78 is 0. The number of halogens is 2. The Morgan fingerprint density at radius 2 is 1.92 bits per heavy atom. The van der Waals surface area contributed by atoms with Gasteiger partial charge in [-0.05, 0) is 36.9 Å². The molecule has 138 valence electrons. The highest BCUT2D eigenvalue weighted by atomic mass is 35.5. The molecule has 0 fully saturated rings. The Balaban J connectivity index is 1.94. The third-order valence-corrected chi connectivity index (χ3v) is 5.08. The van der Waals surface area contributed by atoms with E-state index < -0.39 is 5.91 Å². The number of hydrogen-bond donors (Lipinski definition) is 2. The molecule has 5 nitrogen and oxygen atoms in total. The van der Waals surface area contributed by atoms with Crippen LogP contribution in [0.3, 0.4) is 0 Å². The summed E-state index contributed by atoms with van der Waals surface area (Å²) in [5, 5.41) is 4.01. The summed E-state index contributed by atoms with van der Waals surface area (Å²) in [6.07, 6.45) is 0. The van der Waals surface area contributed by atoms with Crippen molar-refractivity contribution in [3.8, 4) is 0 Å². The largest absolute Gasteiger partial charge is 0.369 e. The first-order valence-electron chi connectivity index (χ1n) is 7.77. The third kappa shape index (κ3) is 6.53. The molecule has 0 aliphatic carbocycles. The minimum absolute atomic E-state index is 0.155. The maximum absolute atomic E-state index is 12.3. The Kier molecular flexibility index (Phi) is 7.78. The molecule has 3 N–H and O–H groups in total. The zero-order valence-corrected chi connectivity index (χ0v) is 16.5. The van der Waals surface area contributed by atoms with Gasteiger partial charge in [-0.1, -0.05) is 41.4 Å². The highest BCUT2D eigenvalue weighted by Crippen LogP contribution is 2.27. The highest BCUT2D eigenvalue weighted by Gasteiger charge is 2.12. The average molecular weight is 412 g/mol. The molecule has 0 unspecified atom stereocenters. The Morgan fingerprint density at radius 3 is 2.62 bits per heavy atom. The second kappa shape index (κ2) is 9.83. The molecule has 0 saturated heterocycles. The van der Waals surface area contributed by atoms with Crippen molar-refractivity contribution in [1.82, 2.24) is 4.90 Å². The first-order valence-corrected chi connectivity index (χ1v) is 9.51. The molecule has 0 atom stereocenters. The van der Waals surface area contributed by atoms with Crippen LogP contribution in [0, 0.1) is 0 Å². The molecule has 8 heteroatoms. The van der Waals surface area contributed by atoms with Crippen LogP contribution in [-0.2, 0) is 16.1 Å². The van der Waals surface area contributed by atoms with Gasteiger partial charge in [0.15, 0.2) is 0 Å². The SMILES string of the molecule is CN(CC(=O)Nc1ccccc1SCC(N)=O)Cc1ccc(Cl)cc1Cl. The van der Waals surface area contributed by atoms with Gasteiger partial charge in [0.1, 0.15) is 0 Å². The second-order valence-corrected chi connectivity index (χ2v) is 7.57. The maximum Gasteiger partial charge on any atom is 0.238 e. The van der Waals surface area contributed by atoms with Crippen molar-refractivity contribution in [2.75, 3.05) is 24.7 Å². The minimum Gasteiger partial charge on any atom is -0.369 e. The van der Waals surface area contributed by atoms with Crippen molar-refractivity contribution in [3.63, 3.8) is 0 Å². The molecular weight excluding hydrogens is 393 g/mol. The van der Waals surface area contributed by atoms with Gasteiger partial charge in [-0.15, -0.1) is 11.8 Å². The van der Waals surface area contributed by atoms with Crippen LogP contribution in [0.1, 0.15) is 5.56 Å². The van der Waals surface area contributed by atoms with Crippen molar-refractivity contribution < 1.29 is 9.59 Å². The van der Waals surface area contributed by atoms with E-state index in [1.807, 2.05) is 36.2 Å². The molecule has 26 heavy (non-hydrogen) atoms. The Labute approximate surface area is 166 Å². The van der Waals surface area contributed by atoms with Crippen LogP contribution >= 0.6 is 35.0 Å². The second-order valence-electron chi connectivity index (χ2n) is 5.71. The highest BCUT2D eigenvalue weighted by molar-refractivity contribution is 8.00. The van der Waals surface area contributed by atoms with Crippen LogP contribution in [0.2, 0.25) is 10.0 Å². The fraction of sp³-hybridized carbons (Fsp3) is 0.222. The minimum atomic E-state index is -0.407. The molecule has 0 bridgehead atoms. The number of nitrogens with one attached hydrogen (secondary N) is 1. The summed E-state index contributed by atoms with van der Waals surface area (Å²) in [6, 6.07) is 12.6. The topological polar surface area (TPSA) is 75.4 Å². The lowest BCUT2D eigenvalue weighted by molar-refractivity contribution is -0.117. The van der Waals surface area contributed by atoms with Crippen molar-refractivity contribution in [1.29, 1.82) is 0 Å². The number of benzene rings is 2. The first kappa shape index (κ1) is 20.6. The number of carbonyl (C=O) groups is 2. The molecule has 0 radical (unpaired) electrons. The summed E-state index contributed by atoms with van der Waals surface area (Å²) in [7, 11) is 1.83. The number of amides is 2. The molecule has 0 saturated carbocycles. The van der Waals surface area contributed by atoms with E-state index in [1.54, 1.807) is 18.2 Å². The Bertz CT molecular complexity index is 802. The predicted molar refractivity (Wildman–Crippen MR) is 108 cm³/mol. The van der Waals surface area contributed by atoms with Crippen molar-refractivity contribution in [2.45, 2.75) is 11.4 Å². The smallest absolute Gasteiger partial charge is 0.238 e. The summed E-state index contributed by atoms with van der Waals surface area (Å²) in [5.74, 6) is -0.414. The molecule has 2 amide bonds. The normalized spacial score (nSPS) is 10.8. The number of nitrogens with two attached hydrogens (primary N) is 1. The van der Waals surface area contributed by atoms with E-state index in [-0.39, 0.29) is 18.2 Å². The van der Waals surface area contributed by atoms with Crippen LogP contribution in [0.5, 0.6) is 0 Å². The van der Waals surface area contributed by atoms with Gasteiger partial charge in [-0.2, -0.15) is 0 Å². The van der Waals surface area contributed by atoms with Gasteiger partial charge in [-0.25, -0.2) is 0 Å². The molecule has 0 aromatic heterocycles. The predicted octanol–water partition coefficient (Wildman–Crippen LogP) is 3.64. The van der Waals surface area contributed by atoms with Gasteiger partial charge in [0.05, 0.1) is 18.0 Å². The summed E-state index contributed by atoms with van der Waals surface area (Å²) in [5.41, 5.74) is 6.73. The Morgan fingerprint density at radius 1 is 1.19 bits per heavy atom. The molecule has 2 aromatic carbocycles. The van der Waals surface area contributed by atoms with Crippen LogP contribution in [0.4, 0.5) is 5.69 Å². The summed E-state index contributed by atoms with van der Waals surface area (Å²) >= 11 is 13.4. The van der Waals surface area contributed by atoms with E-state index in [9.17, 15) is 9.59 Å². The van der Waals surface area contributed by atoms with Crippen molar-refractivity contribution >= 4 is 52.5 Å². The number of likely N-dealkylation sites (N-methyl/N-ethyl adjacent to an activating group) is 1. The molecule has 0 aliphatic heterocycles. The zero-order chi connectivity index (χ0) is 19.1. The van der Waals surface area contributed by atoms with Gasteiger partial charge in [0.2, 0.25) is 11.8 Å². The van der Waals surface area contributed by atoms with Gasteiger partial charge in [0.25, 0.3) is 0 Å². The number of hydrogen-bond acceptors (Lipinski definition) is 4. The summed E-state index contributed by atoms with van der Waals surface area (Å²) in [4.78, 5) is 25.9. The molecule has 0 spiro atoms. The quantitative estimate of drug-likeness (QED) is 0.650. The number of para-hydroxylation sites is 1. The lowest BCUT2D eigenvalue weighted by Gasteiger charge is -2.18. The van der Waals surface area contributed by atoms with E-state index in [1.165, 1.54) is 11.8 Å². The van der Waals surface area contributed by atoms with Crippen LogP contribution < -0.4 is 11.1 Å². The van der Waals surface area contributed by atoms with Gasteiger partial charge in [0, 0.05) is 21.5 Å². The van der Waals surface area contributed by atoms with E-state index >= 15 is 0 Å². The van der Waals surface area contributed by atoms with E-state index in [0.717, 1.165) is 10.5 Å². The molecule has 0 heterocycles. The lowest BCUT2D eigenvalue weighted by atomic mass is 10.2. The number of carbonyl (C=O) groups excluding carboxylic acids is 2. The van der Waals surface area contributed by atoms with Gasteiger partial charge in [-0.3, -0.25) is 14.5 Å². The maximum atomic E-state index is 12.3. The number of nitrogens with zero attached hydrogens (tertiary/aromatic N) is 1. The third-order valence-electron chi connectivity index (χ3n) is 3.40. The summed E-state index contributed by atoms with van der Waals surface area (Å²) in [6.45, 7) is 0.704.